The van der Waals surface area contributed by atoms with Crippen LogP contribution in [-0.2, 0) is 9.47 Å². The molecule has 0 bridgehead atoms. The first-order valence-corrected chi connectivity index (χ1v) is 6.09. The Balaban J connectivity index is 1.93. The molecule has 0 saturated carbocycles. The van der Waals surface area contributed by atoms with Gasteiger partial charge >= 0.3 is 5.97 Å². The molecular formula is C13H14N2O4. The van der Waals surface area contributed by atoms with Crippen LogP contribution in [0.15, 0.2) is 22.6 Å². The molecule has 1 N–H and O–H groups in total. The van der Waals surface area contributed by atoms with Crippen molar-refractivity contribution in [2.45, 2.75) is 6.10 Å². The number of hydrogen-bond donors (Lipinski definition) is 1. The molecule has 1 fully saturated rings. The quantitative estimate of drug-likeness (QED) is 0.822. The van der Waals surface area contributed by atoms with Crippen molar-refractivity contribution in [3.05, 3.63) is 29.7 Å². The molecule has 3 rings (SSSR count). The van der Waals surface area contributed by atoms with Gasteiger partial charge in [-0.15, -0.1) is 0 Å². The van der Waals surface area contributed by atoms with Gasteiger partial charge in [-0.05, 0) is 18.2 Å². The normalized spacial score (nSPS) is 19.5. The monoisotopic (exact) mass is 262 g/mol. The highest BCUT2D eigenvalue weighted by atomic mass is 16.5. The van der Waals surface area contributed by atoms with E-state index in [1.807, 2.05) is 0 Å². The third-order valence-electron chi connectivity index (χ3n) is 3.03. The summed E-state index contributed by atoms with van der Waals surface area (Å²) < 4.78 is 15.9. The van der Waals surface area contributed by atoms with Gasteiger partial charge in [0, 0.05) is 13.1 Å². The van der Waals surface area contributed by atoms with Crippen molar-refractivity contribution in [1.29, 1.82) is 0 Å². The fraction of sp³-hybridized carbons (Fsp3) is 0.385. The van der Waals surface area contributed by atoms with E-state index in [1.54, 1.807) is 18.2 Å². The summed E-state index contributed by atoms with van der Waals surface area (Å²) in [6, 6.07) is 5.03. The zero-order chi connectivity index (χ0) is 13.2. The lowest BCUT2D eigenvalue weighted by Gasteiger charge is -2.20. The highest BCUT2D eigenvalue weighted by molar-refractivity contribution is 5.93. The Morgan fingerprint density at radius 2 is 2.42 bits per heavy atom. The molecule has 1 aliphatic rings. The molecule has 2 heterocycles. The van der Waals surface area contributed by atoms with E-state index in [-0.39, 0.29) is 12.1 Å². The van der Waals surface area contributed by atoms with Crippen LogP contribution in [0.1, 0.15) is 22.4 Å². The summed E-state index contributed by atoms with van der Waals surface area (Å²) in [6.07, 6.45) is -0.178. The summed E-state index contributed by atoms with van der Waals surface area (Å²) in [7, 11) is 1.35. The van der Waals surface area contributed by atoms with Gasteiger partial charge in [0.25, 0.3) is 0 Å². The SMILES string of the molecule is COC(=O)c1ccc2oc(C3CNCCO3)nc2c1. The van der Waals surface area contributed by atoms with Crippen LogP contribution in [0.5, 0.6) is 0 Å². The van der Waals surface area contributed by atoms with Crippen molar-refractivity contribution in [3.63, 3.8) is 0 Å². The topological polar surface area (TPSA) is 73.6 Å². The van der Waals surface area contributed by atoms with Crippen LogP contribution in [0, 0.1) is 0 Å². The van der Waals surface area contributed by atoms with Crippen LogP contribution in [0.4, 0.5) is 0 Å². The van der Waals surface area contributed by atoms with E-state index in [0.29, 0.717) is 35.7 Å². The van der Waals surface area contributed by atoms with Gasteiger partial charge in [-0.25, -0.2) is 9.78 Å². The third kappa shape index (κ3) is 2.32. The molecule has 0 radical (unpaired) electrons. The van der Waals surface area contributed by atoms with Gasteiger partial charge in [-0.1, -0.05) is 0 Å². The van der Waals surface area contributed by atoms with Crippen LogP contribution >= 0.6 is 0 Å². The van der Waals surface area contributed by atoms with E-state index in [4.69, 9.17) is 9.15 Å². The molecule has 1 aliphatic heterocycles. The van der Waals surface area contributed by atoms with Crippen molar-refractivity contribution < 1.29 is 18.7 Å². The molecule has 1 saturated heterocycles. The average molecular weight is 262 g/mol. The van der Waals surface area contributed by atoms with Crippen LogP contribution in [0.25, 0.3) is 11.1 Å². The zero-order valence-corrected chi connectivity index (χ0v) is 10.5. The first-order chi connectivity index (χ1) is 9.28. The Morgan fingerprint density at radius 3 is 3.16 bits per heavy atom. The molecule has 6 heteroatoms. The minimum absolute atomic E-state index is 0.178. The number of morpholine rings is 1. The van der Waals surface area contributed by atoms with Crippen LogP contribution in [-0.4, -0.2) is 37.8 Å². The van der Waals surface area contributed by atoms with Crippen molar-refractivity contribution in [2.24, 2.45) is 0 Å². The van der Waals surface area contributed by atoms with Crippen molar-refractivity contribution in [2.75, 3.05) is 26.8 Å². The maximum absolute atomic E-state index is 11.5. The number of fused-ring (bicyclic) bond motifs is 1. The molecule has 2 aromatic rings. The zero-order valence-electron chi connectivity index (χ0n) is 10.5. The van der Waals surface area contributed by atoms with Gasteiger partial charge in [-0.3, -0.25) is 0 Å². The van der Waals surface area contributed by atoms with Crippen molar-refractivity contribution >= 4 is 17.1 Å². The van der Waals surface area contributed by atoms with Gasteiger partial charge in [0.1, 0.15) is 11.6 Å². The smallest absolute Gasteiger partial charge is 0.337 e. The second-order valence-electron chi connectivity index (χ2n) is 4.29. The lowest BCUT2D eigenvalue weighted by molar-refractivity contribution is 0.0118. The predicted molar refractivity (Wildman–Crippen MR) is 66.9 cm³/mol. The number of benzene rings is 1. The van der Waals surface area contributed by atoms with Gasteiger partial charge in [0.05, 0.1) is 19.3 Å². The largest absolute Gasteiger partial charge is 0.465 e. The van der Waals surface area contributed by atoms with Crippen molar-refractivity contribution in [3.8, 4) is 0 Å². The first kappa shape index (κ1) is 12.1. The molecule has 0 amide bonds. The van der Waals surface area contributed by atoms with E-state index in [2.05, 4.69) is 15.0 Å². The Kier molecular flexibility index (Phi) is 3.18. The molecular weight excluding hydrogens is 248 g/mol. The van der Waals surface area contributed by atoms with E-state index in [1.165, 1.54) is 7.11 Å². The maximum Gasteiger partial charge on any atom is 0.337 e. The van der Waals surface area contributed by atoms with Crippen LogP contribution < -0.4 is 5.32 Å². The highest BCUT2D eigenvalue weighted by Crippen LogP contribution is 2.24. The van der Waals surface area contributed by atoms with Gasteiger partial charge in [0.2, 0.25) is 5.89 Å². The number of aromatic nitrogens is 1. The Labute approximate surface area is 109 Å². The lowest BCUT2D eigenvalue weighted by atomic mass is 10.2. The number of nitrogens with one attached hydrogen (secondary N) is 1. The van der Waals surface area contributed by atoms with E-state index in [9.17, 15) is 4.79 Å². The second kappa shape index (κ2) is 4.99. The average Bonchev–Trinajstić information content (AvgIpc) is 2.90. The number of carbonyl (C=O) groups is 1. The fourth-order valence-corrected chi connectivity index (χ4v) is 2.05. The Morgan fingerprint density at radius 1 is 1.53 bits per heavy atom. The molecule has 1 atom stereocenters. The first-order valence-electron chi connectivity index (χ1n) is 6.09. The minimum atomic E-state index is -0.387. The predicted octanol–water partition coefficient (Wildman–Crippen LogP) is 1.28. The van der Waals surface area contributed by atoms with Crippen LogP contribution in [0.3, 0.4) is 0 Å². The summed E-state index contributed by atoms with van der Waals surface area (Å²) in [4.78, 5) is 15.8. The van der Waals surface area contributed by atoms with Crippen molar-refractivity contribution in [1.82, 2.24) is 10.3 Å². The number of rotatable bonds is 2. The molecule has 1 unspecified atom stereocenters. The summed E-state index contributed by atoms with van der Waals surface area (Å²) >= 11 is 0. The molecule has 6 nitrogen and oxygen atoms in total. The number of oxazole rings is 1. The highest BCUT2D eigenvalue weighted by Gasteiger charge is 2.21. The third-order valence-corrected chi connectivity index (χ3v) is 3.03. The summed E-state index contributed by atoms with van der Waals surface area (Å²) in [5.74, 6) is 0.145. The number of hydrogen-bond acceptors (Lipinski definition) is 6. The molecule has 0 spiro atoms. The minimum Gasteiger partial charge on any atom is -0.465 e. The number of ether oxygens (including phenoxy) is 2. The van der Waals surface area contributed by atoms with Gasteiger partial charge < -0.3 is 19.2 Å². The Bertz CT molecular complexity index is 602. The number of methoxy groups -OCH3 is 1. The van der Waals surface area contributed by atoms with Gasteiger partial charge in [-0.2, -0.15) is 0 Å². The van der Waals surface area contributed by atoms with E-state index in [0.717, 1.165) is 6.54 Å². The summed E-state index contributed by atoms with van der Waals surface area (Å²) in [6.45, 7) is 2.15. The standard InChI is InChI=1S/C13H14N2O4/c1-17-13(16)8-2-3-10-9(6-8)15-12(19-10)11-7-14-4-5-18-11/h2-3,6,11,14H,4-5,7H2,1H3. The summed E-state index contributed by atoms with van der Waals surface area (Å²) in [5.41, 5.74) is 1.72. The number of esters is 1. The number of nitrogens with zero attached hydrogens (tertiary/aromatic N) is 1. The molecule has 0 aliphatic carbocycles. The molecule has 1 aromatic heterocycles. The van der Waals surface area contributed by atoms with E-state index >= 15 is 0 Å². The van der Waals surface area contributed by atoms with Crippen LogP contribution in [0.2, 0.25) is 0 Å². The lowest BCUT2D eigenvalue weighted by Crippen LogP contribution is -2.33. The maximum atomic E-state index is 11.5. The summed E-state index contributed by atoms with van der Waals surface area (Å²) in [5, 5.41) is 3.22. The molecule has 100 valence electrons. The van der Waals surface area contributed by atoms with E-state index < -0.39 is 0 Å². The Hall–Kier alpha value is -1.92. The number of carbonyl (C=O) groups excluding carboxylic acids is 1. The molecule has 1 aromatic carbocycles. The van der Waals surface area contributed by atoms with Gasteiger partial charge in [0.15, 0.2) is 5.58 Å². The second-order valence-corrected chi connectivity index (χ2v) is 4.29. The molecule has 19 heavy (non-hydrogen) atoms. The fourth-order valence-electron chi connectivity index (χ4n) is 2.05.